The predicted molar refractivity (Wildman–Crippen MR) is 92.7 cm³/mol. The van der Waals surface area contributed by atoms with Crippen LogP contribution in [0, 0.1) is 0 Å². The summed E-state index contributed by atoms with van der Waals surface area (Å²) in [6.45, 7) is 0. The Kier molecular flexibility index (Phi) is 4.42. The molecule has 3 rings (SSSR count). The monoisotopic (exact) mass is 377 g/mol. The summed E-state index contributed by atoms with van der Waals surface area (Å²) >= 11 is 6.19. The number of aromatic nitrogens is 2. The molecule has 3 aromatic rings. The van der Waals surface area contributed by atoms with Crippen molar-refractivity contribution in [3.05, 3.63) is 53.2 Å². The number of hydrogen-bond donors (Lipinski definition) is 1. The lowest BCUT2D eigenvalue weighted by Crippen LogP contribution is -2.17. The van der Waals surface area contributed by atoms with Crippen LogP contribution in [-0.4, -0.2) is 31.5 Å². The SMILES string of the molecule is COC(=O)c1ccc(-c2nc3ccccc3nc2Cl)cc1S(N)(=O)=O. The maximum atomic E-state index is 11.9. The molecule has 1 aromatic heterocycles. The van der Waals surface area contributed by atoms with E-state index in [-0.39, 0.29) is 21.3 Å². The second kappa shape index (κ2) is 6.40. The standard InChI is InChI=1S/C16H12ClN3O4S/c1-24-16(21)10-7-6-9(8-13(10)25(18,22)23)14-15(17)20-12-5-3-2-4-11(12)19-14/h2-8H,1H3,(H2,18,22,23). The number of carbonyl (C=O) groups excluding carboxylic acids is 1. The van der Waals surface area contributed by atoms with Crippen molar-refractivity contribution >= 4 is 38.6 Å². The van der Waals surface area contributed by atoms with Crippen LogP contribution in [0.3, 0.4) is 0 Å². The zero-order valence-corrected chi connectivity index (χ0v) is 14.5. The lowest BCUT2D eigenvalue weighted by molar-refractivity contribution is 0.0596. The third kappa shape index (κ3) is 3.32. The number of rotatable bonds is 3. The highest BCUT2D eigenvalue weighted by molar-refractivity contribution is 7.89. The van der Waals surface area contributed by atoms with Crippen molar-refractivity contribution in [2.45, 2.75) is 4.90 Å². The maximum Gasteiger partial charge on any atom is 0.339 e. The molecule has 0 aliphatic heterocycles. The summed E-state index contributed by atoms with van der Waals surface area (Å²) in [5, 5.41) is 5.32. The molecule has 0 spiro atoms. The van der Waals surface area contributed by atoms with Gasteiger partial charge >= 0.3 is 5.97 Å². The molecule has 9 heteroatoms. The summed E-state index contributed by atoms with van der Waals surface area (Å²) in [5.74, 6) is -0.814. The quantitative estimate of drug-likeness (QED) is 0.701. The van der Waals surface area contributed by atoms with Gasteiger partial charge in [0.15, 0.2) is 5.15 Å². The van der Waals surface area contributed by atoms with E-state index in [4.69, 9.17) is 16.7 Å². The molecule has 0 amide bonds. The fourth-order valence-corrected chi connectivity index (χ4v) is 3.34. The number of hydrogen-bond acceptors (Lipinski definition) is 6. The first-order valence-electron chi connectivity index (χ1n) is 6.99. The van der Waals surface area contributed by atoms with E-state index >= 15 is 0 Å². The van der Waals surface area contributed by atoms with Gasteiger partial charge in [0.05, 0.1) is 28.6 Å². The van der Waals surface area contributed by atoms with Crippen LogP contribution in [0.2, 0.25) is 5.15 Å². The summed E-state index contributed by atoms with van der Waals surface area (Å²) in [5.41, 5.74) is 1.67. The molecular formula is C16H12ClN3O4S. The van der Waals surface area contributed by atoms with Crippen LogP contribution in [-0.2, 0) is 14.8 Å². The number of benzene rings is 2. The minimum absolute atomic E-state index is 0.102. The summed E-state index contributed by atoms with van der Waals surface area (Å²) in [7, 11) is -3.02. The highest BCUT2D eigenvalue weighted by atomic mass is 35.5. The third-order valence-corrected chi connectivity index (χ3v) is 4.71. The molecule has 0 bridgehead atoms. The van der Waals surface area contributed by atoms with Gasteiger partial charge in [-0.2, -0.15) is 0 Å². The predicted octanol–water partition coefficient (Wildman–Crippen LogP) is 2.38. The number of para-hydroxylation sites is 2. The molecule has 1 heterocycles. The summed E-state index contributed by atoms with van der Waals surface area (Å²) in [4.78, 5) is 20.1. The number of methoxy groups -OCH3 is 1. The van der Waals surface area contributed by atoms with Gasteiger partial charge in [0.2, 0.25) is 10.0 Å². The Morgan fingerprint density at radius 2 is 1.76 bits per heavy atom. The van der Waals surface area contributed by atoms with Crippen LogP contribution in [0.4, 0.5) is 0 Å². The van der Waals surface area contributed by atoms with E-state index in [0.717, 1.165) is 7.11 Å². The number of esters is 1. The van der Waals surface area contributed by atoms with E-state index < -0.39 is 16.0 Å². The van der Waals surface area contributed by atoms with Crippen molar-refractivity contribution in [3.63, 3.8) is 0 Å². The molecule has 2 aromatic carbocycles. The van der Waals surface area contributed by atoms with E-state index in [1.54, 1.807) is 24.3 Å². The van der Waals surface area contributed by atoms with Gasteiger partial charge in [-0.15, -0.1) is 0 Å². The summed E-state index contributed by atoms with van der Waals surface area (Å²) in [6.07, 6.45) is 0. The highest BCUT2D eigenvalue weighted by Gasteiger charge is 2.22. The Hall–Kier alpha value is -2.55. The molecule has 0 saturated heterocycles. The number of ether oxygens (including phenoxy) is 1. The Labute approximate surface area is 148 Å². The van der Waals surface area contributed by atoms with Crippen LogP contribution in [0.5, 0.6) is 0 Å². The van der Waals surface area contributed by atoms with Gasteiger partial charge in [-0.1, -0.05) is 29.8 Å². The summed E-state index contributed by atoms with van der Waals surface area (Å²) in [6, 6.07) is 11.1. The molecule has 128 valence electrons. The van der Waals surface area contributed by atoms with E-state index in [0.29, 0.717) is 16.6 Å². The Morgan fingerprint density at radius 3 is 2.36 bits per heavy atom. The van der Waals surface area contributed by atoms with Crippen molar-refractivity contribution in [3.8, 4) is 11.3 Å². The normalized spacial score (nSPS) is 11.5. The van der Waals surface area contributed by atoms with Crippen LogP contribution >= 0.6 is 11.6 Å². The van der Waals surface area contributed by atoms with Crippen LogP contribution in [0.1, 0.15) is 10.4 Å². The topological polar surface area (TPSA) is 112 Å². The van der Waals surface area contributed by atoms with Gasteiger partial charge in [0.25, 0.3) is 0 Å². The zero-order valence-electron chi connectivity index (χ0n) is 12.9. The van der Waals surface area contributed by atoms with Crippen LogP contribution in [0.15, 0.2) is 47.4 Å². The van der Waals surface area contributed by atoms with Crippen molar-refractivity contribution in [1.29, 1.82) is 0 Å². The molecule has 7 nitrogen and oxygen atoms in total. The number of halogens is 1. The average molecular weight is 378 g/mol. The smallest absolute Gasteiger partial charge is 0.339 e. The van der Waals surface area contributed by atoms with Gasteiger partial charge in [0, 0.05) is 5.56 Å². The minimum atomic E-state index is -4.17. The third-order valence-electron chi connectivity index (χ3n) is 3.49. The number of carbonyl (C=O) groups is 1. The number of fused-ring (bicyclic) bond motifs is 1. The molecular weight excluding hydrogens is 366 g/mol. The molecule has 0 fully saturated rings. The van der Waals surface area contributed by atoms with Gasteiger partial charge in [-0.3, -0.25) is 0 Å². The first kappa shape index (κ1) is 17.3. The molecule has 0 aliphatic carbocycles. The Bertz CT molecular complexity index is 1100. The lowest BCUT2D eigenvalue weighted by Gasteiger charge is -2.10. The average Bonchev–Trinajstić information content (AvgIpc) is 2.59. The van der Waals surface area contributed by atoms with Gasteiger partial charge in [0.1, 0.15) is 5.69 Å². The molecule has 0 saturated carbocycles. The summed E-state index contributed by atoms with van der Waals surface area (Å²) < 4.78 is 28.3. The minimum Gasteiger partial charge on any atom is -0.465 e. The highest BCUT2D eigenvalue weighted by Crippen LogP contribution is 2.29. The van der Waals surface area contributed by atoms with E-state index in [1.807, 2.05) is 0 Å². The molecule has 0 unspecified atom stereocenters. The fourth-order valence-electron chi connectivity index (χ4n) is 2.35. The van der Waals surface area contributed by atoms with E-state index in [9.17, 15) is 13.2 Å². The lowest BCUT2D eigenvalue weighted by atomic mass is 10.1. The first-order chi connectivity index (χ1) is 11.8. The van der Waals surface area contributed by atoms with Crippen LogP contribution in [0.25, 0.3) is 22.3 Å². The van der Waals surface area contributed by atoms with E-state index in [2.05, 4.69) is 14.7 Å². The molecule has 0 radical (unpaired) electrons. The number of primary sulfonamides is 1. The van der Waals surface area contributed by atoms with Crippen molar-refractivity contribution < 1.29 is 17.9 Å². The largest absolute Gasteiger partial charge is 0.465 e. The molecule has 2 N–H and O–H groups in total. The molecule has 25 heavy (non-hydrogen) atoms. The molecule has 0 atom stereocenters. The van der Waals surface area contributed by atoms with Crippen molar-refractivity contribution in [2.75, 3.05) is 7.11 Å². The second-order valence-corrected chi connectivity index (χ2v) is 6.99. The van der Waals surface area contributed by atoms with Gasteiger partial charge < -0.3 is 4.74 Å². The number of sulfonamides is 1. The second-order valence-electron chi connectivity index (χ2n) is 5.10. The Balaban J connectivity index is 2.25. The Morgan fingerprint density at radius 1 is 1.12 bits per heavy atom. The van der Waals surface area contributed by atoms with Crippen molar-refractivity contribution in [1.82, 2.24) is 9.97 Å². The molecule has 0 aliphatic rings. The van der Waals surface area contributed by atoms with Crippen LogP contribution < -0.4 is 5.14 Å². The van der Waals surface area contributed by atoms with Gasteiger partial charge in [-0.05, 0) is 24.3 Å². The van der Waals surface area contributed by atoms with E-state index in [1.165, 1.54) is 18.2 Å². The number of nitrogens with two attached hydrogens (primary N) is 1. The first-order valence-corrected chi connectivity index (χ1v) is 8.91. The number of nitrogens with zero attached hydrogens (tertiary/aromatic N) is 2. The van der Waals surface area contributed by atoms with Crippen molar-refractivity contribution in [2.24, 2.45) is 5.14 Å². The fraction of sp³-hybridized carbons (Fsp3) is 0.0625. The maximum absolute atomic E-state index is 11.9. The zero-order chi connectivity index (χ0) is 18.2. The van der Waals surface area contributed by atoms with Gasteiger partial charge in [-0.25, -0.2) is 28.3 Å².